The lowest BCUT2D eigenvalue weighted by Crippen LogP contribution is -2.16. The fraction of sp³-hybridized carbons (Fsp3) is 0. The lowest BCUT2D eigenvalue weighted by atomic mass is 10.1. The van der Waals surface area contributed by atoms with Gasteiger partial charge >= 0.3 is 0 Å². The highest BCUT2D eigenvalue weighted by Crippen LogP contribution is 2.30. The molecule has 0 saturated carbocycles. The fourth-order valence-corrected chi connectivity index (χ4v) is 4.21. The molecule has 0 atom stereocenters. The summed E-state index contributed by atoms with van der Waals surface area (Å²) in [6.45, 7) is 0. The van der Waals surface area contributed by atoms with Crippen molar-refractivity contribution in [2.24, 2.45) is 0 Å². The number of benzene rings is 3. The van der Waals surface area contributed by atoms with Gasteiger partial charge in [-0.15, -0.1) is 0 Å². The predicted octanol–water partition coefficient (Wildman–Crippen LogP) is 3.11. The number of fused-ring (bicyclic) bond motifs is 2. The van der Waals surface area contributed by atoms with Gasteiger partial charge in [0.25, 0.3) is 15.9 Å². The summed E-state index contributed by atoms with van der Waals surface area (Å²) in [6.07, 6.45) is 1.27. The zero-order valence-corrected chi connectivity index (χ0v) is 13.9. The predicted molar refractivity (Wildman–Crippen MR) is 97.3 cm³/mol. The van der Waals surface area contributed by atoms with Gasteiger partial charge in [0.05, 0.1) is 10.6 Å². The minimum atomic E-state index is -3.61. The van der Waals surface area contributed by atoms with E-state index in [0.29, 0.717) is 11.3 Å². The number of amides is 1. The Labute approximate surface area is 145 Å². The monoisotopic (exact) mass is 350 g/mol. The van der Waals surface area contributed by atoms with Crippen LogP contribution in [0.3, 0.4) is 0 Å². The van der Waals surface area contributed by atoms with Crippen LogP contribution in [0.2, 0.25) is 0 Å². The smallest absolute Gasteiger partial charge is 0.262 e. The Kier molecular flexibility index (Phi) is 3.54. The Morgan fingerprint density at radius 3 is 2.52 bits per heavy atom. The van der Waals surface area contributed by atoms with E-state index in [9.17, 15) is 13.2 Å². The van der Waals surface area contributed by atoms with Crippen LogP contribution in [0.4, 0.5) is 5.69 Å². The van der Waals surface area contributed by atoms with Crippen molar-refractivity contribution in [3.05, 3.63) is 78.4 Å². The Morgan fingerprint density at radius 1 is 0.920 bits per heavy atom. The van der Waals surface area contributed by atoms with Crippen molar-refractivity contribution in [2.75, 3.05) is 5.32 Å². The molecule has 1 aliphatic heterocycles. The van der Waals surface area contributed by atoms with E-state index in [0.717, 1.165) is 10.8 Å². The van der Waals surface area contributed by atoms with Crippen LogP contribution in [-0.2, 0) is 14.8 Å². The maximum absolute atomic E-state index is 12.4. The summed E-state index contributed by atoms with van der Waals surface area (Å²) in [5.41, 5.74) is 1.44. The first-order valence-corrected chi connectivity index (χ1v) is 9.15. The fourth-order valence-electron chi connectivity index (χ4n) is 2.92. The molecule has 1 heterocycles. The van der Waals surface area contributed by atoms with E-state index >= 15 is 0 Å². The number of hydrogen-bond donors (Lipinski definition) is 2. The molecule has 0 bridgehead atoms. The van der Waals surface area contributed by atoms with E-state index in [2.05, 4.69) is 10.0 Å². The molecule has 6 heteroatoms. The average Bonchev–Trinajstić information content (AvgIpc) is 2.86. The van der Waals surface area contributed by atoms with Gasteiger partial charge in [-0.3, -0.25) is 9.52 Å². The van der Waals surface area contributed by atoms with Gasteiger partial charge < -0.3 is 5.32 Å². The van der Waals surface area contributed by atoms with E-state index in [-0.39, 0.29) is 10.6 Å². The molecule has 0 fully saturated rings. The first kappa shape index (κ1) is 15.4. The van der Waals surface area contributed by atoms with Gasteiger partial charge in [-0.2, -0.15) is 0 Å². The third kappa shape index (κ3) is 2.77. The lowest BCUT2D eigenvalue weighted by Gasteiger charge is -2.07. The molecule has 0 aromatic heterocycles. The largest absolute Gasteiger partial charge is 0.322 e. The van der Waals surface area contributed by atoms with E-state index in [1.54, 1.807) is 18.2 Å². The van der Waals surface area contributed by atoms with Crippen LogP contribution in [0.25, 0.3) is 16.5 Å². The standard InChI is InChI=1S/C19H14N2O3S/c22-19(20-16-10-5-7-13-6-1-2-8-14(13)16)12-17-15-9-3-4-11-18(15)25(23,24)21-17/h1-12,21H,(H,20,22)/b17-12-. The van der Waals surface area contributed by atoms with Crippen molar-refractivity contribution in [3.63, 3.8) is 0 Å². The van der Waals surface area contributed by atoms with Crippen LogP contribution in [0.5, 0.6) is 0 Å². The second-order valence-electron chi connectivity index (χ2n) is 5.68. The molecule has 124 valence electrons. The van der Waals surface area contributed by atoms with E-state index < -0.39 is 15.9 Å². The first-order chi connectivity index (χ1) is 12.0. The van der Waals surface area contributed by atoms with Crippen LogP contribution in [-0.4, -0.2) is 14.3 Å². The highest BCUT2D eigenvalue weighted by molar-refractivity contribution is 7.90. The third-order valence-corrected chi connectivity index (χ3v) is 5.46. The van der Waals surface area contributed by atoms with Crippen LogP contribution in [0.1, 0.15) is 5.56 Å². The molecule has 1 amide bonds. The minimum Gasteiger partial charge on any atom is -0.322 e. The number of carbonyl (C=O) groups excluding carboxylic acids is 1. The van der Waals surface area contributed by atoms with Gasteiger partial charge in [-0.25, -0.2) is 8.42 Å². The third-order valence-electron chi connectivity index (χ3n) is 4.03. The molecule has 4 rings (SSSR count). The van der Waals surface area contributed by atoms with Gasteiger partial charge in [-0.1, -0.05) is 54.6 Å². The topological polar surface area (TPSA) is 75.3 Å². The summed E-state index contributed by atoms with van der Waals surface area (Å²) in [6, 6.07) is 19.9. The normalized spacial score (nSPS) is 16.4. The summed E-state index contributed by atoms with van der Waals surface area (Å²) >= 11 is 0. The number of anilines is 1. The summed E-state index contributed by atoms with van der Waals surface area (Å²) in [7, 11) is -3.61. The lowest BCUT2D eigenvalue weighted by molar-refractivity contribution is -0.111. The van der Waals surface area contributed by atoms with Gasteiger partial charge in [0.2, 0.25) is 0 Å². The molecule has 1 aliphatic rings. The number of rotatable bonds is 2. The number of sulfonamides is 1. The zero-order valence-electron chi connectivity index (χ0n) is 13.1. The molecule has 0 aliphatic carbocycles. The molecule has 0 saturated heterocycles. The molecule has 3 aromatic carbocycles. The van der Waals surface area contributed by atoms with Gasteiger partial charge in [0, 0.05) is 22.7 Å². The number of hydrogen-bond acceptors (Lipinski definition) is 3. The van der Waals surface area contributed by atoms with Gasteiger partial charge in [-0.05, 0) is 17.5 Å². The van der Waals surface area contributed by atoms with Crippen LogP contribution >= 0.6 is 0 Å². The summed E-state index contributed by atoms with van der Waals surface area (Å²) in [5, 5.41) is 4.75. The molecule has 2 N–H and O–H groups in total. The average molecular weight is 350 g/mol. The van der Waals surface area contributed by atoms with Crippen molar-refractivity contribution in [1.82, 2.24) is 4.72 Å². The van der Waals surface area contributed by atoms with Crippen LogP contribution in [0.15, 0.2) is 77.7 Å². The molecule has 5 nitrogen and oxygen atoms in total. The van der Waals surface area contributed by atoms with Crippen molar-refractivity contribution in [3.8, 4) is 0 Å². The van der Waals surface area contributed by atoms with Crippen LogP contribution in [0, 0.1) is 0 Å². The second kappa shape index (κ2) is 5.75. The SMILES string of the molecule is O=C(/C=C1\NS(=O)(=O)c2ccccc21)Nc1cccc2ccccc12. The highest BCUT2D eigenvalue weighted by Gasteiger charge is 2.29. The first-order valence-electron chi connectivity index (χ1n) is 7.67. The summed E-state index contributed by atoms with van der Waals surface area (Å²) < 4.78 is 26.6. The Balaban J connectivity index is 1.68. The summed E-state index contributed by atoms with van der Waals surface area (Å²) in [4.78, 5) is 12.6. The molecular formula is C19H14N2O3S. The quantitative estimate of drug-likeness (QED) is 0.697. The molecule has 0 radical (unpaired) electrons. The van der Waals surface area contributed by atoms with Crippen molar-refractivity contribution in [1.29, 1.82) is 0 Å². The van der Waals surface area contributed by atoms with Crippen LogP contribution < -0.4 is 10.0 Å². The van der Waals surface area contributed by atoms with Crippen molar-refractivity contribution < 1.29 is 13.2 Å². The maximum atomic E-state index is 12.4. The van der Waals surface area contributed by atoms with Gasteiger partial charge in [0.15, 0.2) is 0 Å². The molecule has 0 spiro atoms. The Morgan fingerprint density at radius 2 is 1.64 bits per heavy atom. The van der Waals surface area contributed by atoms with E-state index in [1.807, 2.05) is 42.5 Å². The highest BCUT2D eigenvalue weighted by atomic mass is 32.2. The van der Waals surface area contributed by atoms with Crippen molar-refractivity contribution in [2.45, 2.75) is 4.90 Å². The maximum Gasteiger partial charge on any atom is 0.262 e. The molecular weight excluding hydrogens is 336 g/mol. The number of carbonyl (C=O) groups is 1. The number of nitrogens with one attached hydrogen (secondary N) is 2. The molecule has 0 unspecified atom stereocenters. The summed E-state index contributed by atoms with van der Waals surface area (Å²) in [5.74, 6) is -0.397. The molecule has 3 aromatic rings. The van der Waals surface area contributed by atoms with E-state index in [1.165, 1.54) is 12.1 Å². The van der Waals surface area contributed by atoms with Crippen molar-refractivity contribution >= 4 is 38.1 Å². The second-order valence-corrected chi connectivity index (χ2v) is 7.33. The Bertz CT molecular complexity index is 1130. The zero-order chi connectivity index (χ0) is 17.4. The minimum absolute atomic E-state index is 0.180. The van der Waals surface area contributed by atoms with E-state index in [4.69, 9.17) is 0 Å². The molecule has 25 heavy (non-hydrogen) atoms. The van der Waals surface area contributed by atoms with Gasteiger partial charge in [0.1, 0.15) is 0 Å². The Hall–Kier alpha value is -3.12.